The summed E-state index contributed by atoms with van der Waals surface area (Å²) in [5.41, 5.74) is -0.0103. The molecule has 1 aliphatic carbocycles. The lowest BCUT2D eigenvalue weighted by Gasteiger charge is -2.43. The van der Waals surface area contributed by atoms with Gasteiger partial charge in [0.25, 0.3) is 0 Å². The van der Waals surface area contributed by atoms with Crippen LogP contribution in [0.2, 0.25) is 0 Å². The highest BCUT2D eigenvalue weighted by Gasteiger charge is 2.39. The Morgan fingerprint density at radius 2 is 2.05 bits per heavy atom. The second-order valence-corrected chi connectivity index (χ2v) is 6.82. The number of hydrogen-bond acceptors (Lipinski definition) is 2. The van der Waals surface area contributed by atoms with Gasteiger partial charge in [-0.15, -0.1) is 0 Å². The topological polar surface area (TPSA) is 18.5 Å². The Balaban J connectivity index is 1.69. The van der Waals surface area contributed by atoms with Crippen molar-refractivity contribution in [1.82, 2.24) is 0 Å². The van der Waals surface area contributed by atoms with E-state index in [4.69, 9.17) is 9.47 Å². The van der Waals surface area contributed by atoms with Crippen LogP contribution < -0.4 is 4.74 Å². The smallest absolute Gasteiger partial charge is 0.165 e. The molecule has 1 saturated carbocycles. The molecule has 0 N–H and O–H groups in total. The first kappa shape index (κ1) is 14.3. The highest BCUT2D eigenvalue weighted by molar-refractivity contribution is 9.10. The molecule has 0 aromatic heterocycles. The van der Waals surface area contributed by atoms with Crippen LogP contribution in [0.25, 0.3) is 0 Å². The average molecular weight is 343 g/mol. The number of rotatable bonds is 2. The summed E-state index contributed by atoms with van der Waals surface area (Å²) in [5.74, 6) is 0.0506. The van der Waals surface area contributed by atoms with Crippen molar-refractivity contribution in [2.75, 3.05) is 6.61 Å². The van der Waals surface area contributed by atoms with Crippen molar-refractivity contribution in [1.29, 1.82) is 0 Å². The van der Waals surface area contributed by atoms with Crippen LogP contribution in [0.1, 0.15) is 44.9 Å². The minimum atomic E-state index is -0.294. The van der Waals surface area contributed by atoms with Crippen molar-refractivity contribution in [3.05, 3.63) is 28.5 Å². The van der Waals surface area contributed by atoms with Gasteiger partial charge in [-0.05, 0) is 31.0 Å². The summed E-state index contributed by atoms with van der Waals surface area (Å²) in [6.45, 7) is 0.723. The normalized spacial score (nSPS) is 25.6. The van der Waals surface area contributed by atoms with Crippen molar-refractivity contribution < 1.29 is 13.9 Å². The van der Waals surface area contributed by atoms with E-state index in [0.29, 0.717) is 5.75 Å². The van der Waals surface area contributed by atoms with Gasteiger partial charge in [0.05, 0.1) is 12.2 Å². The van der Waals surface area contributed by atoms with Crippen LogP contribution in [-0.4, -0.2) is 18.3 Å². The van der Waals surface area contributed by atoms with Gasteiger partial charge < -0.3 is 9.47 Å². The van der Waals surface area contributed by atoms with Crippen molar-refractivity contribution in [2.24, 2.45) is 0 Å². The predicted octanol–water partition coefficient (Wildman–Crippen LogP) is 4.85. The van der Waals surface area contributed by atoms with Gasteiger partial charge in [0.2, 0.25) is 0 Å². The van der Waals surface area contributed by atoms with Crippen molar-refractivity contribution in [2.45, 2.75) is 56.7 Å². The Hall–Kier alpha value is -0.610. The Morgan fingerprint density at radius 1 is 1.25 bits per heavy atom. The fourth-order valence-corrected chi connectivity index (χ4v) is 3.72. The number of halogens is 2. The SMILES string of the molecule is Fc1ccc(Br)cc1OC1CCOC2(CCCCC2)C1. The summed E-state index contributed by atoms with van der Waals surface area (Å²) in [6, 6.07) is 4.84. The Morgan fingerprint density at radius 3 is 2.85 bits per heavy atom. The van der Waals surface area contributed by atoms with E-state index in [2.05, 4.69) is 15.9 Å². The third-order valence-electron chi connectivity index (χ3n) is 4.40. The summed E-state index contributed by atoms with van der Waals surface area (Å²) in [6.07, 6.45) is 7.80. The van der Waals surface area contributed by atoms with Crippen molar-refractivity contribution in [3.63, 3.8) is 0 Å². The van der Waals surface area contributed by atoms with E-state index in [1.54, 1.807) is 12.1 Å². The third-order valence-corrected chi connectivity index (χ3v) is 4.89. The van der Waals surface area contributed by atoms with E-state index >= 15 is 0 Å². The quantitative estimate of drug-likeness (QED) is 0.764. The molecule has 1 spiro atoms. The van der Waals surface area contributed by atoms with Crippen LogP contribution >= 0.6 is 15.9 Å². The lowest BCUT2D eigenvalue weighted by Crippen LogP contribution is -2.45. The van der Waals surface area contributed by atoms with E-state index in [9.17, 15) is 4.39 Å². The molecular weight excluding hydrogens is 323 g/mol. The first-order valence-electron chi connectivity index (χ1n) is 7.43. The fourth-order valence-electron chi connectivity index (χ4n) is 3.38. The van der Waals surface area contributed by atoms with E-state index in [1.165, 1.54) is 25.3 Å². The van der Waals surface area contributed by atoms with E-state index < -0.39 is 0 Å². The molecule has 0 radical (unpaired) electrons. The maximum absolute atomic E-state index is 13.8. The monoisotopic (exact) mass is 342 g/mol. The lowest BCUT2D eigenvalue weighted by molar-refractivity contribution is -0.130. The second kappa shape index (κ2) is 6.02. The molecule has 1 heterocycles. The van der Waals surface area contributed by atoms with Crippen LogP contribution in [0.5, 0.6) is 5.75 Å². The van der Waals surface area contributed by atoms with Crippen molar-refractivity contribution in [3.8, 4) is 5.75 Å². The number of benzene rings is 1. The lowest BCUT2D eigenvalue weighted by atomic mass is 9.79. The van der Waals surface area contributed by atoms with E-state index in [-0.39, 0.29) is 17.5 Å². The molecule has 1 atom stereocenters. The summed E-state index contributed by atoms with van der Waals surface area (Å²) in [5, 5.41) is 0. The van der Waals surface area contributed by atoms with Gasteiger partial charge in [-0.2, -0.15) is 0 Å². The Bertz CT molecular complexity index is 466. The third kappa shape index (κ3) is 3.17. The Kier molecular flexibility index (Phi) is 4.32. The maximum atomic E-state index is 13.8. The van der Waals surface area contributed by atoms with E-state index in [1.807, 2.05) is 0 Å². The summed E-state index contributed by atoms with van der Waals surface area (Å²) in [7, 11) is 0. The Labute approximate surface area is 127 Å². The van der Waals surface area contributed by atoms with Crippen LogP contribution in [0.3, 0.4) is 0 Å². The van der Waals surface area contributed by atoms with Gasteiger partial charge in [0, 0.05) is 17.3 Å². The molecule has 2 nitrogen and oxygen atoms in total. The molecule has 2 fully saturated rings. The molecule has 0 bridgehead atoms. The largest absolute Gasteiger partial charge is 0.487 e. The zero-order chi connectivity index (χ0) is 14.0. The van der Waals surface area contributed by atoms with E-state index in [0.717, 1.165) is 36.8 Å². The molecule has 1 saturated heterocycles. The van der Waals surface area contributed by atoms with Gasteiger partial charge in [-0.3, -0.25) is 0 Å². The van der Waals surface area contributed by atoms with Gasteiger partial charge in [-0.25, -0.2) is 4.39 Å². The molecule has 1 aromatic rings. The molecule has 2 aliphatic rings. The standard InChI is InChI=1S/C16H20BrFO2/c17-12-4-5-14(18)15(10-12)20-13-6-9-19-16(11-13)7-2-1-3-8-16/h4-5,10,13H,1-3,6-9,11H2. The van der Waals surface area contributed by atoms with Crippen LogP contribution in [-0.2, 0) is 4.74 Å². The number of ether oxygens (including phenoxy) is 2. The van der Waals surface area contributed by atoms with Crippen LogP contribution in [0, 0.1) is 5.82 Å². The van der Waals surface area contributed by atoms with Crippen molar-refractivity contribution >= 4 is 15.9 Å². The summed E-state index contributed by atoms with van der Waals surface area (Å²) < 4.78 is 26.6. The first-order chi connectivity index (χ1) is 9.67. The van der Waals surface area contributed by atoms with Gasteiger partial charge in [0.15, 0.2) is 11.6 Å². The van der Waals surface area contributed by atoms with Gasteiger partial charge >= 0.3 is 0 Å². The fraction of sp³-hybridized carbons (Fsp3) is 0.625. The molecule has 4 heteroatoms. The highest BCUT2D eigenvalue weighted by Crippen LogP contribution is 2.39. The molecular formula is C16H20BrFO2. The average Bonchev–Trinajstić information content (AvgIpc) is 2.44. The predicted molar refractivity (Wildman–Crippen MR) is 79.5 cm³/mol. The molecule has 1 aliphatic heterocycles. The minimum absolute atomic E-state index is 0.0103. The zero-order valence-electron chi connectivity index (χ0n) is 11.5. The molecule has 1 aromatic carbocycles. The number of hydrogen-bond donors (Lipinski definition) is 0. The van der Waals surface area contributed by atoms with Crippen LogP contribution in [0.4, 0.5) is 4.39 Å². The first-order valence-corrected chi connectivity index (χ1v) is 8.22. The molecule has 1 unspecified atom stereocenters. The maximum Gasteiger partial charge on any atom is 0.165 e. The molecule has 3 rings (SSSR count). The molecule has 110 valence electrons. The molecule has 20 heavy (non-hydrogen) atoms. The zero-order valence-corrected chi connectivity index (χ0v) is 13.1. The highest BCUT2D eigenvalue weighted by atomic mass is 79.9. The van der Waals surface area contributed by atoms with Gasteiger partial charge in [-0.1, -0.05) is 35.2 Å². The minimum Gasteiger partial charge on any atom is -0.487 e. The second-order valence-electron chi connectivity index (χ2n) is 5.90. The van der Waals surface area contributed by atoms with Crippen LogP contribution in [0.15, 0.2) is 22.7 Å². The summed E-state index contributed by atoms with van der Waals surface area (Å²) in [4.78, 5) is 0. The molecule has 0 amide bonds. The summed E-state index contributed by atoms with van der Waals surface area (Å²) >= 11 is 3.36. The van der Waals surface area contributed by atoms with Gasteiger partial charge in [0.1, 0.15) is 6.10 Å².